The summed E-state index contributed by atoms with van der Waals surface area (Å²) < 4.78 is 10.6. The van der Waals surface area contributed by atoms with E-state index in [2.05, 4.69) is 0 Å². The first-order valence-corrected chi connectivity index (χ1v) is 5.04. The van der Waals surface area contributed by atoms with Crippen molar-refractivity contribution in [1.82, 2.24) is 4.90 Å². The van der Waals surface area contributed by atoms with Crippen molar-refractivity contribution in [2.45, 2.75) is 39.4 Å². The Balaban J connectivity index is 2.57. The molecule has 0 bridgehead atoms. The van der Waals surface area contributed by atoms with Crippen LogP contribution in [0.5, 0.6) is 0 Å². The Kier molecular flexibility index (Phi) is 3.37. The number of carbonyl (C=O) groups excluding carboxylic acids is 1. The summed E-state index contributed by atoms with van der Waals surface area (Å²) in [6, 6.07) is 0. The second-order valence-corrected chi connectivity index (χ2v) is 4.27. The molecule has 1 aliphatic rings. The lowest BCUT2D eigenvalue weighted by Gasteiger charge is -2.40. The fourth-order valence-electron chi connectivity index (χ4n) is 1.81. The summed E-state index contributed by atoms with van der Waals surface area (Å²) in [4.78, 5) is 13.2. The maximum Gasteiger partial charge on any atom is 0.409 e. The molecule has 0 spiro atoms. The topological polar surface area (TPSA) is 38.8 Å². The van der Waals surface area contributed by atoms with Crippen LogP contribution in [0.15, 0.2) is 0 Å². The first-order chi connectivity index (χ1) is 6.44. The zero-order valence-electron chi connectivity index (χ0n) is 9.37. The monoisotopic (exact) mass is 201 g/mol. The van der Waals surface area contributed by atoms with E-state index in [1.807, 2.05) is 27.7 Å². The lowest BCUT2D eigenvalue weighted by molar-refractivity contribution is -0.122. The molecule has 1 fully saturated rings. The van der Waals surface area contributed by atoms with Crippen LogP contribution in [-0.2, 0) is 9.47 Å². The highest BCUT2D eigenvalue weighted by Crippen LogP contribution is 2.21. The van der Waals surface area contributed by atoms with Gasteiger partial charge in [0.15, 0.2) is 0 Å². The van der Waals surface area contributed by atoms with Crippen molar-refractivity contribution in [3.8, 4) is 0 Å². The number of rotatable bonds is 1. The molecule has 4 nitrogen and oxygen atoms in total. The van der Waals surface area contributed by atoms with Gasteiger partial charge in [-0.2, -0.15) is 0 Å². The van der Waals surface area contributed by atoms with Crippen LogP contribution in [0.2, 0.25) is 0 Å². The molecule has 0 aromatic rings. The van der Waals surface area contributed by atoms with Gasteiger partial charge in [0.2, 0.25) is 0 Å². The normalized spacial score (nSPS) is 26.0. The molecular formula is C10H19NO3. The summed E-state index contributed by atoms with van der Waals surface area (Å²) in [5, 5.41) is 0. The number of carbonyl (C=O) groups is 1. The first kappa shape index (κ1) is 11.3. The largest absolute Gasteiger partial charge is 0.450 e. The Morgan fingerprint density at radius 3 is 2.79 bits per heavy atom. The minimum absolute atomic E-state index is 0.0724. The highest BCUT2D eigenvalue weighted by molar-refractivity contribution is 5.67. The molecule has 1 unspecified atom stereocenters. The van der Waals surface area contributed by atoms with Crippen LogP contribution in [0.25, 0.3) is 0 Å². The molecule has 0 aromatic heterocycles. The van der Waals surface area contributed by atoms with Crippen molar-refractivity contribution < 1.29 is 14.3 Å². The van der Waals surface area contributed by atoms with Crippen LogP contribution in [-0.4, -0.2) is 42.4 Å². The van der Waals surface area contributed by atoms with E-state index in [9.17, 15) is 4.79 Å². The van der Waals surface area contributed by atoms with Crippen molar-refractivity contribution in [2.24, 2.45) is 0 Å². The van der Waals surface area contributed by atoms with Gasteiger partial charge in [0.05, 0.1) is 31.4 Å². The van der Waals surface area contributed by atoms with Crippen LogP contribution in [0, 0.1) is 0 Å². The highest BCUT2D eigenvalue weighted by atomic mass is 16.6. The molecule has 1 atom stereocenters. The number of morpholine rings is 1. The smallest absolute Gasteiger partial charge is 0.409 e. The lowest BCUT2D eigenvalue weighted by atomic mass is 10.1. The second-order valence-electron chi connectivity index (χ2n) is 4.27. The van der Waals surface area contributed by atoms with E-state index < -0.39 is 0 Å². The minimum atomic E-state index is -0.273. The fourth-order valence-corrected chi connectivity index (χ4v) is 1.81. The lowest BCUT2D eigenvalue weighted by Crippen LogP contribution is -2.53. The quantitative estimate of drug-likeness (QED) is 0.647. The Labute approximate surface area is 85.2 Å². The third-order valence-electron chi connectivity index (χ3n) is 2.10. The summed E-state index contributed by atoms with van der Waals surface area (Å²) >= 11 is 0. The summed E-state index contributed by atoms with van der Waals surface area (Å²) in [5.74, 6) is 0. The molecule has 1 saturated heterocycles. The average Bonchev–Trinajstić information content (AvgIpc) is 2.00. The summed E-state index contributed by atoms with van der Waals surface area (Å²) in [6.45, 7) is 9.37. The number of nitrogens with zero attached hydrogens (tertiary/aromatic N) is 1. The van der Waals surface area contributed by atoms with Gasteiger partial charge in [0, 0.05) is 0 Å². The van der Waals surface area contributed by atoms with Gasteiger partial charge >= 0.3 is 6.09 Å². The van der Waals surface area contributed by atoms with Crippen molar-refractivity contribution >= 4 is 6.09 Å². The van der Waals surface area contributed by atoms with Crippen LogP contribution < -0.4 is 0 Å². The molecule has 0 aromatic carbocycles. The molecule has 1 heterocycles. The van der Waals surface area contributed by atoms with Crippen LogP contribution >= 0.6 is 0 Å². The summed E-state index contributed by atoms with van der Waals surface area (Å²) in [5.41, 5.74) is -0.273. The van der Waals surface area contributed by atoms with Gasteiger partial charge in [-0.3, -0.25) is 0 Å². The van der Waals surface area contributed by atoms with E-state index in [1.165, 1.54) is 0 Å². The van der Waals surface area contributed by atoms with Crippen molar-refractivity contribution in [3.05, 3.63) is 0 Å². The third kappa shape index (κ3) is 2.87. The molecule has 0 N–H and O–H groups in total. The zero-order valence-corrected chi connectivity index (χ0v) is 9.37. The van der Waals surface area contributed by atoms with E-state index in [4.69, 9.17) is 9.47 Å². The Bertz CT molecular complexity index is 215. The maximum atomic E-state index is 11.5. The molecule has 4 heteroatoms. The van der Waals surface area contributed by atoms with Gasteiger partial charge < -0.3 is 14.4 Å². The van der Waals surface area contributed by atoms with Gasteiger partial charge in [-0.1, -0.05) is 0 Å². The average molecular weight is 201 g/mol. The molecule has 1 rings (SSSR count). The molecule has 0 radical (unpaired) electrons. The third-order valence-corrected chi connectivity index (χ3v) is 2.10. The van der Waals surface area contributed by atoms with E-state index >= 15 is 0 Å². The van der Waals surface area contributed by atoms with Crippen LogP contribution in [0.4, 0.5) is 4.79 Å². The summed E-state index contributed by atoms with van der Waals surface area (Å²) in [7, 11) is 0. The van der Waals surface area contributed by atoms with Gasteiger partial charge in [-0.15, -0.1) is 0 Å². The molecule has 1 amide bonds. The molecule has 82 valence electrons. The van der Waals surface area contributed by atoms with Crippen LogP contribution in [0.1, 0.15) is 27.7 Å². The van der Waals surface area contributed by atoms with E-state index in [0.717, 1.165) is 0 Å². The summed E-state index contributed by atoms with van der Waals surface area (Å²) in [6.07, 6.45) is -0.168. The first-order valence-electron chi connectivity index (χ1n) is 5.04. The van der Waals surface area contributed by atoms with Gasteiger partial charge in [-0.05, 0) is 27.7 Å². The molecule has 1 aliphatic heterocycles. The van der Waals surface area contributed by atoms with Gasteiger partial charge in [0.25, 0.3) is 0 Å². The number of amides is 1. The molecule has 0 saturated carbocycles. The second kappa shape index (κ2) is 4.17. The van der Waals surface area contributed by atoms with E-state index in [0.29, 0.717) is 19.7 Å². The number of hydrogen-bond donors (Lipinski definition) is 0. The van der Waals surface area contributed by atoms with Gasteiger partial charge in [0.1, 0.15) is 0 Å². The van der Waals surface area contributed by atoms with E-state index in [-0.39, 0.29) is 17.8 Å². The molecular weight excluding hydrogens is 182 g/mol. The maximum absolute atomic E-state index is 11.5. The number of ether oxygens (including phenoxy) is 2. The number of hydrogen-bond acceptors (Lipinski definition) is 3. The highest BCUT2D eigenvalue weighted by Gasteiger charge is 2.34. The van der Waals surface area contributed by atoms with Crippen molar-refractivity contribution in [2.75, 3.05) is 19.7 Å². The van der Waals surface area contributed by atoms with Crippen molar-refractivity contribution in [3.63, 3.8) is 0 Å². The predicted octanol–water partition coefficient (Wildman–Crippen LogP) is 1.64. The Morgan fingerprint density at radius 1 is 1.64 bits per heavy atom. The molecule has 14 heavy (non-hydrogen) atoms. The zero-order chi connectivity index (χ0) is 10.8. The fraction of sp³-hybridized carbons (Fsp3) is 0.900. The Hall–Kier alpha value is -0.770. The minimum Gasteiger partial charge on any atom is -0.450 e. The van der Waals surface area contributed by atoms with E-state index in [1.54, 1.807) is 4.90 Å². The standard InChI is InChI=1S/C10H19NO3/c1-5-13-9(12)11-6-8(2)14-10(3,4)7-11/h8H,5-7H2,1-4H3. The van der Waals surface area contributed by atoms with Crippen molar-refractivity contribution in [1.29, 1.82) is 0 Å². The SMILES string of the molecule is CCOC(=O)N1CC(C)OC(C)(C)C1. The van der Waals surface area contributed by atoms with Crippen LogP contribution in [0.3, 0.4) is 0 Å². The Morgan fingerprint density at radius 2 is 2.29 bits per heavy atom. The molecule has 0 aliphatic carbocycles. The predicted molar refractivity (Wildman–Crippen MR) is 53.2 cm³/mol. The van der Waals surface area contributed by atoms with Gasteiger partial charge in [-0.25, -0.2) is 4.79 Å².